The third kappa shape index (κ3) is 5.29. The Morgan fingerprint density at radius 1 is 1.18 bits per heavy atom. The number of rotatable bonds is 8. The molecule has 178 valence electrons. The molecule has 0 radical (unpaired) electrons. The predicted molar refractivity (Wildman–Crippen MR) is 137 cm³/mol. The first kappa shape index (κ1) is 24.3. The molecule has 1 unspecified atom stereocenters. The van der Waals surface area contributed by atoms with E-state index < -0.39 is 0 Å². The van der Waals surface area contributed by atoms with Crippen molar-refractivity contribution in [3.05, 3.63) is 86.6 Å². The number of methoxy groups -OCH3 is 1. The van der Waals surface area contributed by atoms with Gasteiger partial charge in [0.05, 0.1) is 13.2 Å². The Bertz CT molecular complexity index is 1140. The number of hydrogen-bond acceptors (Lipinski definition) is 4. The van der Waals surface area contributed by atoms with Crippen LogP contribution in [-0.4, -0.2) is 48.4 Å². The maximum atomic E-state index is 13.7. The lowest BCUT2D eigenvalue weighted by molar-refractivity contribution is -0.134. The molecule has 0 fully saturated rings. The van der Waals surface area contributed by atoms with Crippen LogP contribution in [0, 0.1) is 0 Å². The Hall–Kier alpha value is -2.83. The summed E-state index contributed by atoms with van der Waals surface area (Å²) in [5, 5.41) is 2.75. The van der Waals surface area contributed by atoms with Gasteiger partial charge in [0.25, 0.3) is 5.91 Å². The lowest BCUT2D eigenvalue weighted by Crippen LogP contribution is -2.47. The fraction of sp³-hybridized carbons (Fsp3) is 0.333. The summed E-state index contributed by atoms with van der Waals surface area (Å²) in [5.74, 6) is 0.414. The summed E-state index contributed by atoms with van der Waals surface area (Å²) in [6.07, 6.45) is 2.59. The van der Waals surface area contributed by atoms with Gasteiger partial charge in [-0.2, -0.15) is 0 Å². The lowest BCUT2D eigenvalue weighted by atomic mass is 9.93. The minimum atomic E-state index is -0.181. The molecule has 1 aliphatic rings. The number of nitrogens with zero attached hydrogens (tertiary/aromatic N) is 2. The van der Waals surface area contributed by atoms with E-state index in [0.717, 1.165) is 30.4 Å². The second kappa shape index (κ2) is 11.1. The van der Waals surface area contributed by atoms with E-state index in [1.54, 1.807) is 47.6 Å². The highest BCUT2D eigenvalue weighted by atomic mass is 35.5. The van der Waals surface area contributed by atoms with Crippen molar-refractivity contribution in [1.82, 2.24) is 9.80 Å². The van der Waals surface area contributed by atoms with Crippen LogP contribution in [0.1, 0.15) is 52.2 Å². The summed E-state index contributed by atoms with van der Waals surface area (Å²) in [6.45, 7) is 3.27. The Kier molecular flexibility index (Phi) is 7.91. The number of hydrogen-bond donors (Lipinski definition) is 0. The van der Waals surface area contributed by atoms with Gasteiger partial charge in [0.2, 0.25) is 5.91 Å². The van der Waals surface area contributed by atoms with Gasteiger partial charge in [-0.1, -0.05) is 43.1 Å². The van der Waals surface area contributed by atoms with E-state index in [4.69, 9.17) is 16.3 Å². The largest absolute Gasteiger partial charge is 0.497 e. The number of ether oxygens (including phenoxy) is 1. The number of amides is 2. The average molecular weight is 497 g/mol. The van der Waals surface area contributed by atoms with E-state index in [2.05, 4.69) is 18.4 Å². The third-order valence-corrected chi connectivity index (χ3v) is 7.43. The SMILES string of the molecule is CCCCN(CC(=O)N1CCc2sccc2C1c1ccc(Cl)cc1)C(=O)c1cccc(OC)c1. The van der Waals surface area contributed by atoms with Gasteiger partial charge in [-0.15, -0.1) is 11.3 Å². The Morgan fingerprint density at radius 2 is 1.97 bits per heavy atom. The Morgan fingerprint density at radius 3 is 2.71 bits per heavy atom. The monoisotopic (exact) mass is 496 g/mol. The molecule has 0 saturated heterocycles. The van der Waals surface area contributed by atoms with Crippen LogP contribution in [0.15, 0.2) is 60.0 Å². The van der Waals surface area contributed by atoms with Crippen LogP contribution in [-0.2, 0) is 11.2 Å². The standard InChI is InChI=1S/C27H29ClN2O3S/c1-3-4-14-29(27(32)20-6-5-7-22(17-20)33-2)18-25(31)30-15-12-24-23(13-16-34-24)26(30)19-8-10-21(28)11-9-19/h5-11,13,16-17,26H,3-4,12,14-15,18H2,1-2H3. The van der Waals surface area contributed by atoms with Gasteiger partial charge in [-0.05, 0) is 65.7 Å². The van der Waals surface area contributed by atoms with Crippen molar-refractivity contribution in [2.24, 2.45) is 0 Å². The number of carbonyl (C=O) groups is 2. The summed E-state index contributed by atoms with van der Waals surface area (Å²) in [7, 11) is 1.58. The molecule has 1 atom stereocenters. The molecule has 2 aromatic carbocycles. The smallest absolute Gasteiger partial charge is 0.254 e. The summed E-state index contributed by atoms with van der Waals surface area (Å²) in [5.41, 5.74) is 2.71. The van der Waals surface area contributed by atoms with Crippen LogP contribution in [0.3, 0.4) is 0 Å². The molecule has 34 heavy (non-hydrogen) atoms. The number of fused-ring (bicyclic) bond motifs is 1. The second-order valence-electron chi connectivity index (χ2n) is 8.40. The molecular weight excluding hydrogens is 468 g/mol. The molecule has 2 amide bonds. The maximum Gasteiger partial charge on any atom is 0.254 e. The Labute approximate surface area is 209 Å². The van der Waals surface area contributed by atoms with Crippen LogP contribution < -0.4 is 4.74 Å². The zero-order valence-electron chi connectivity index (χ0n) is 19.5. The van der Waals surface area contributed by atoms with Crippen molar-refractivity contribution < 1.29 is 14.3 Å². The van der Waals surface area contributed by atoms with Crippen LogP contribution in [0.25, 0.3) is 0 Å². The molecule has 0 aliphatic carbocycles. The summed E-state index contributed by atoms with van der Waals surface area (Å²) in [6, 6.07) is 16.7. The molecular formula is C27H29ClN2O3S. The van der Waals surface area contributed by atoms with E-state index in [9.17, 15) is 9.59 Å². The maximum absolute atomic E-state index is 13.7. The fourth-order valence-electron chi connectivity index (χ4n) is 4.38. The van der Waals surface area contributed by atoms with Crippen molar-refractivity contribution in [2.75, 3.05) is 26.7 Å². The number of benzene rings is 2. The first-order valence-corrected chi connectivity index (χ1v) is 12.8. The minimum absolute atomic E-state index is 0.0413. The van der Waals surface area contributed by atoms with Crippen LogP contribution >= 0.6 is 22.9 Å². The molecule has 5 nitrogen and oxygen atoms in total. The van der Waals surface area contributed by atoms with Gasteiger partial charge in [0, 0.05) is 28.6 Å². The van der Waals surface area contributed by atoms with E-state index in [0.29, 0.717) is 29.4 Å². The van der Waals surface area contributed by atoms with Gasteiger partial charge in [0.1, 0.15) is 12.3 Å². The number of unbranched alkanes of at least 4 members (excludes halogenated alkanes) is 1. The number of halogens is 1. The lowest BCUT2D eigenvalue weighted by Gasteiger charge is -2.37. The number of carbonyl (C=O) groups excluding carboxylic acids is 2. The molecule has 2 heterocycles. The van der Waals surface area contributed by atoms with Crippen LogP contribution in [0.2, 0.25) is 5.02 Å². The van der Waals surface area contributed by atoms with E-state index in [-0.39, 0.29) is 24.4 Å². The first-order chi connectivity index (χ1) is 16.5. The molecule has 1 aliphatic heterocycles. The minimum Gasteiger partial charge on any atom is -0.497 e. The Balaban J connectivity index is 1.60. The van der Waals surface area contributed by atoms with E-state index in [1.165, 1.54) is 4.88 Å². The highest BCUT2D eigenvalue weighted by molar-refractivity contribution is 7.10. The zero-order chi connectivity index (χ0) is 24.1. The van der Waals surface area contributed by atoms with Crippen LogP contribution in [0.4, 0.5) is 0 Å². The summed E-state index contributed by atoms with van der Waals surface area (Å²) >= 11 is 7.86. The second-order valence-corrected chi connectivity index (χ2v) is 9.84. The van der Waals surface area contributed by atoms with E-state index in [1.807, 2.05) is 29.2 Å². The molecule has 3 aromatic rings. The highest BCUT2D eigenvalue weighted by Gasteiger charge is 2.34. The van der Waals surface area contributed by atoms with Crippen molar-refractivity contribution in [1.29, 1.82) is 0 Å². The van der Waals surface area contributed by atoms with Gasteiger partial charge in [-0.3, -0.25) is 9.59 Å². The third-order valence-electron chi connectivity index (χ3n) is 6.18. The van der Waals surface area contributed by atoms with Gasteiger partial charge in [-0.25, -0.2) is 0 Å². The number of thiophene rings is 1. The van der Waals surface area contributed by atoms with Crippen molar-refractivity contribution in [3.8, 4) is 5.75 Å². The first-order valence-electron chi connectivity index (χ1n) is 11.6. The quantitative estimate of drug-likeness (QED) is 0.394. The molecule has 0 saturated carbocycles. The topological polar surface area (TPSA) is 49.9 Å². The van der Waals surface area contributed by atoms with Crippen LogP contribution in [0.5, 0.6) is 5.75 Å². The molecule has 1 aromatic heterocycles. The molecule has 0 spiro atoms. The molecule has 0 bridgehead atoms. The normalized spacial score (nSPS) is 15.0. The predicted octanol–water partition coefficient (Wildman–Crippen LogP) is 5.83. The van der Waals surface area contributed by atoms with Crippen molar-refractivity contribution in [2.45, 2.75) is 32.2 Å². The average Bonchev–Trinajstić information content (AvgIpc) is 3.35. The van der Waals surface area contributed by atoms with E-state index >= 15 is 0 Å². The highest BCUT2D eigenvalue weighted by Crippen LogP contribution is 2.38. The van der Waals surface area contributed by atoms with Gasteiger partial charge >= 0.3 is 0 Å². The summed E-state index contributed by atoms with van der Waals surface area (Å²) in [4.78, 5) is 32.0. The molecule has 0 N–H and O–H groups in total. The molecule has 7 heteroatoms. The summed E-state index contributed by atoms with van der Waals surface area (Å²) < 4.78 is 5.28. The van der Waals surface area contributed by atoms with Crippen molar-refractivity contribution >= 4 is 34.8 Å². The zero-order valence-corrected chi connectivity index (χ0v) is 21.1. The fourth-order valence-corrected chi connectivity index (χ4v) is 5.41. The van der Waals surface area contributed by atoms with Crippen molar-refractivity contribution in [3.63, 3.8) is 0 Å². The molecule has 4 rings (SSSR count). The van der Waals surface area contributed by atoms with Gasteiger partial charge < -0.3 is 14.5 Å². The van der Waals surface area contributed by atoms with Gasteiger partial charge in [0.15, 0.2) is 0 Å².